The van der Waals surface area contributed by atoms with Crippen LogP contribution >= 0.6 is 0 Å². The van der Waals surface area contributed by atoms with Crippen LogP contribution in [0.2, 0.25) is 0 Å². The molecule has 0 fully saturated rings. The molecular formula is C7H19NO2S. The van der Waals surface area contributed by atoms with Gasteiger partial charge in [0, 0.05) is 6.54 Å². The first kappa shape index (κ1) is 13.5. The van der Waals surface area contributed by atoms with Gasteiger partial charge in [0.15, 0.2) is 0 Å². The van der Waals surface area contributed by atoms with Crippen LogP contribution in [0.5, 0.6) is 0 Å². The molecule has 0 unspecified atom stereocenters. The summed E-state index contributed by atoms with van der Waals surface area (Å²) in [5.41, 5.74) is 0. The topological polar surface area (TPSA) is 46.2 Å². The molecule has 11 heavy (non-hydrogen) atoms. The van der Waals surface area contributed by atoms with E-state index in [0.29, 0.717) is 6.54 Å². The molecule has 4 heteroatoms. The molecule has 0 saturated heterocycles. The van der Waals surface area contributed by atoms with Crippen LogP contribution in [0.15, 0.2) is 0 Å². The minimum absolute atomic E-state index is 0.565. The lowest BCUT2D eigenvalue weighted by Gasteiger charge is -1.97. The van der Waals surface area contributed by atoms with Gasteiger partial charge in [-0.3, -0.25) is 0 Å². The van der Waals surface area contributed by atoms with E-state index in [9.17, 15) is 8.42 Å². The lowest BCUT2D eigenvalue weighted by atomic mass is 10.3. The summed E-state index contributed by atoms with van der Waals surface area (Å²) in [7, 11) is -2.95. The fraction of sp³-hybridized carbons (Fsp3) is 1.00. The van der Waals surface area contributed by atoms with Crippen LogP contribution in [0.25, 0.3) is 0 Å². The van der Waals surface area contributed by atoms with Gasteiger partial charge in [-0.25, -0.2) is 13.1 Å². The molecule has 0 radical (unpaired) electrons. The summed E-state index contributed by atoms with van der Waals surface area (Å²) in [5.74, 6) is 0. The molecule has 0 spiro atoms. The Labute approximate surface area is 70.2 Å². The molecule has 0 heterocycles. The Morgan fingerprint density at radius 3 is 2.00 bits per heavy atom. The number of sulfonamides is 1. The molecule has 70 valence electrons. The average Bonchev–Trinajstić information content (AvgIpc) is 1.90. The van der Waals surface area contributed by atoms with E-state index < -0.39 is 10.0 Å². The van der Waals surface area contributed by atoms with Gasteiger partial charge in [-0.2, -0.15) is 0 Å². The Morgan fingerprint density at radius 2 is 1.73 bits per heavy atom. The normalized spacial score (nSPS) is 10.2. The minimum Gasteiger partial charge on any atom is -0.215 e. The van der Waals surface area contributed by atoms with Gasteiger partial charge in [0.05, 0.1) is 6.26 Å². The van der Waals surface area contributed by atoms with E-state index in [1.54, 1.807) is 0 Å². The highest BCUT2D eigenvalue weighted by Crippen LogP contribution is 1.83. The molecule has 0 aliphatic heterocycles. The molecule has 0 saturated carbocycles. The summed E-state index contributed by atoms with van der Waals surface area (Å²) in [5, 5.41) is 0. The highest BCUT2D eigenvalue weighted by atomic mass is 32.2. The molecule has 0 aromatic heterocycles. The Kier molecular flexibility index (Phi) is 9.83. The average molecular weight is 181 g/mol. The first-order chi connectivity index (χ1) is 5.06. The lowest BCUT2D eigenvalue weighted by molar-refractivity contribution is 0.584. The van der Waals surface area contributed by atoms with Gasteiger partial charge in [-0.05, 0) is 6.42 Å². The lowest BCUT2D eigenvalue weighted by Crippen LogP contribution is -2.22. The van der Waals surface area contributed by atoms with E-state index in [0.717, 1.165) is 12.8 Å². The quantitative estimate of drug-likeness (QED) is 0.666. The maximum absolute atomic E-state index is 10.4. The van der Waals surface area contributed by atoms with Crippen molar-refractivity contribution in [3.8, 4) is 0 Å². The van der Waals surface area contributed by atoms with Crippen molar-refractivity contribution in [2.75, 3.05) is 12.8 Å². The largest absolute Gasteiger partial charge is 0.215 e. The molecule has 0 aliphatic rings. The second-order valence-corrected chi connectivity index (χ2v) is 3.85. The molecular weight excluding hydrogens is 162 g/mol. The standard InChI is InChI=1S/C5H13NO2S.C2H6/c1-3-4-5-6-9(2,7)8;1-2/h6H,3-5H2,1-2H3;1-2H3. The van der Waals surface area contributed by atoms with Gasteiger partial charge < -0.3 is 0 Å². The molecule has 1 N–H and O–H groups in total. The predicted molar refractivity (Wildman–Crippen MR) is 49.1 cm³/mol. The van der Waals surface area contributed by atoms with E-state index in [1.807, 2.05) is 20.8 Å². The van der Waals surface area contributed by atoms with E-state index in [2.05, 4.69) is 4.72 Å². The minimum atomic E-state index is -2.95. The zero-order valence-corrected chi connectivity index (χ0v) is 8.66. The van der Waals surface area contributed by atoms with Crippen molar-refractivity contribution < 1.29 is 8.42 Å². The molecule has 0 rings (SSSR count). The fourth-order valence-corrected chi connectivity index (χ4v) is 0.949. The second-order valence-electron chi connectivity index (χ2n) is 2.02. The summed E-state index contributed by atoms with van der Waals surface area (Å²) < 4.78 is 23.2. The van der Waals surface area contributed by atoms with Gasteiger partial charge in [-0.1, -0.05) is 27.2 Å². The monoisotopic (exact) mass is 181 g/mol. The van der Waals surface area contributed by atoms with Crippen LogP contribution < -0.4 is 4.72 Å². The second kappa shape index (κ2) is 8.01. The van der Waals surface area contributed by atoms with Crippen molar-refractivity contribution in [1.82, 2.24) is 4.72 Å². The number of hydrogen-bond acceptors (Lipinski definition) is 2. The molecule has 0 bridgehead atoms. The fourth-order valence-electron chi connectivity index (χ4n) is 0.434. The smallest absolute Gasteiger partial charge is 0.208 e. The van der Waals surface area contributed by atoms with Gasteiger partial charge in [-0.15, -0.1) is 0 Å². The van der Waals surface area contributed by atoms with E-state index in [-0.39, 0.29) is 0 Å². The summed E-state index contributed by atoms with van der Waals surface area (Å²) in [6.45, 7) is 6.58. The molecule has 0 aromatic rings. The SMILES string of the molecule is CC.CCCCNS(C)(=O)=O. The van der Waals surface area contributed by atoms with Crippen molar-refractivity contribution in [3.05, 3.63) is 0 Å². The molecule has 3 nitrogen and oxygen atoms in total. The van der Waals surface area contributed by atoms with Gasteiger partial charge in [0.25, 0.3) is 0 Å². The van der Waals surface area contributed by atoms with Crippen LogP contribution in [0.4, 0.5) is 0 Å². The molecule has 0 aromatic carbocycles. The van der Waals surface area contributed by atoms with E-state index in [1.165, 1.54) is 6.26 Å². The predicted octanol–water partition coefficient (Wildman–Crippen LogP) is 1.36. The van der Waals surface area contributed by atoms with Crippen LogP contribution in [0.3, 0.4) is 0 Å². The van der Waals surface area contributed by atoms with E-state index >= 15 is 0 Å². The maximum Gasteiger partial charge on any atom is 0.208 e. The number of hydrogen-bond donors (Lipinski definition) is 1. The summed E-state index contributed by atoms with van der Waals surface area (Å²) in [4.78, 5) is 0. The van der Waals surface area contributed by atoms with Crippen molar-refractivity contribution in [2.45, 2.75) is 33.6 Å². The zero-order valence-electron chi connectivity index (χ0n) is 7.85. The first-order valence-corrected chi connectivity index (χ1v) is 5.90. The van der Waals surface area contributed by atoms with E-state index in [4.69, 9.17) is 0 Å². The number of unbranched alkanes of at least 4 members (excludes halogenated alkanes) is 1. The Morgan fingerprint density at radius 1 is 1.27 bits per heavy atom. The van der Waals surface area contributed by atoms with Crippen LogP contribution in [-0.4, -0.2) is 21.2 Å². The third kappa shape index (κ3) is 17.8. The van der Waals surface area contributed by atoms with Gasteiger partial charge in [0.1, 0.15) is 0 Å². The Bertz CT molecular complexity index is 152. The Balaban J connectivity index is 0. The summed E-state index contributed by atoms with van der Waals surface area (Å²) in [6.07, 6.45) is 3.10. The molecule has 0 aliphatic carbocycles. The van der Waals surface area contributed by atoms with Gasteiger partial charge >= 0.3 is 0 Å². The third-order valence-electron chi connectivity index (χ3n) is 0.895. The third-order valence-corrected chi connectivity index (χ3v) is 1.62. The zero-order chi connectivity index (χ0) is 9.33. The van der Waals surface area contributed by atoms with Crippen LogP contribution in [0.1, 0.15) is 33.6 Å². The first-order valence-electron chi connectivity index (χ1n) is 4.01. The van der Waals surface area contributed by atoms with Crippen molar-refractivity contribution in [1.29, 1.82) is 0 Å². The molecule has 0 atom stereocenters. The highest BCUT2D eigenvalue weighted by molar-refractivity contribution is 7.88. The van der Waals surface area contributed by atoms with Crippen LogP contribution in [-0.2, 0) is 10.0 Å². The van der Waals surface area contributed by atoms with Crippen molar-refractivity contribution in [2.24, 2.45) is 0 Å². The van der Waals surface area contributed by atoms with Crippen molar-refractivity contribution in [3.63, 3.8) is 0 Å². The number of nitrogens with one attached hydrogen (secondary N) is 1. The number of rotatable bonds is 4. The van der Waals surface area contributed by atoms with Gasteiger partial charge in [0.2, 0.25) is 10.0 Å². The Hall–Kier alpha value is -0.0900. The summed E-state index contributed by atoms with van der Waals surface area (Å²) >= 11 is 0. The van der Waals surface area contributed by atoms with Crippen LogP contribution in [0, 0.1) is 0 Å². The molecule has 0 amide bonds. The van der Waals surface area contributed by atoms with Crippen molar-refractivity contribution >= 4 is 10.0 Å². The maximum atomic E-state index is 10.4. The highest BCUT2D eigenvalue weighted by Gasteiger charge is 1.96. The summed E-state index contributed by atoms with van der Waals surface area (Å²) in [6, 6.07) is 0.